The molecule has 0 saturated carbocycles. The molecule has 116 valence electrons. The first-order valence-corrected chi connectivity index (χ1v) is 7.90. The molecule has 1 aromatic carbocycles. The summed E-state index contributed by atoms with van der Waals surface area (Å²) in [5.74, 6) is 0.0280. The lowest BCUT2D eigenvalue weighted by Gasteiger charge is -2.34. The van der Waals surface area contributed by atoms with Gasteiger partial charge in [-0.25, -0.2) is 0 Å². The minimum absolute atomic E-state index is 0.0280. The molecule has 0 amide bonds. The molecule has 1 N–H and O–H groups in total. The van der Waals surface area contributed by atoms with E-state index in [2.05, 4.69) is 9.80 Å². The van der Waals surface area contributed by atoms with Gasteiger partial charge in [0.25, 0.3) is 0 Å². The van der Waals surface area contributed by atoms with Crippen molar-refractivity contribution in [2.75, 3.05) is 45.9 Å². The summed E-state index contributed by atoms with van der Waals surface area (Å²) in [5, 5.41) is 9.67. The molecule has 0 atom stereocenters. The number of halogens is 2. The van der Waals surface area contributed by atoms with Crippen LogP contribution in [-0.4, -0.2) is 66.6 Å². The molecule has 0 bridgehead atoms. The minimum Gasteiger partial charge on any atom is -0.395 e. The summed E-state index contributed by atoms with van der Waals surface area (Å²) in [6.45, 7) is 5.39. The molecule has 0 radical (unpaired) electrons. The maximum atomic E-state index is 12.2. The average Bonchev–Trinajstić information content (AvgIpc) is 2.49. The Kier molecular flexibility index (Phi) is 6.45. The number of aliphatic hydroxyl groups is 1. The second kappa shape index (κ2) is 8.11. The number of rotatable bonds is 6. The largest absolute Gasteiger partial charge is 0.395 e. The third-order valence-electron chi connectivity index (χ3n) is 3.79. The van der Waals surface area contributed by atoms with Crippen LogP contribution in [0, 0.1) is 0 Å². The Balaban J connectivity index is 1.81. The summed E-state index contributed by atoms with van der Waals surface area (Å²) >= 11 is 12.0. The Morgan fingerprint density at radius 2 is 1.71 bits per heavy atom. The average molecular weight is 331 g/mol. The third kappa shape index (κ3) is 4.66. The summed E-state index contributed by atoms with van der Waals surface area (Å²) in [5.41, 5.74) is 0.503. The van der Waals surface area contributed by atoms with E-state index in [4.69, 9.17) is 28.3 Å². The fourth-order valence-corrected chi connectivity index (χ4v) is 2.90. The Morgan fingerprint density at radius 1 is 1.10 bits per heavy atom. The van der Waals surface area contributed by atoms with Gasteiger partial charge >= 0.3 is 0 Å². The van der Waals surface area contributed by atoms with Gasteiger partial charge in [-0.1, -0.05) is 29.3 Å². The fourth-order valence-electron chi connectivity index (χ4n) is 2.49. The molecule has 1 aliphatic rings. The molecule has 1 aliphatic heterocycles. The molecule has 1 aromatic rings. The van der Waals surface area contributed by atoms with Crippen molar-refractivity contribution in [3.8, 4) is 0 Å². The number of hydrogen-bond donors (Lipinski definition) is 1. The van der Waals surface area contributed by atoms with Crippen LogP contribution in [0.4, 0.5) is 0 Å². The molecule has 0 unspecified atom stereocenters. The van der Waals surface area contributed by atoms with E-state index in [-0.39, 0.29) is 12.4 Å². The summed E-state index contributed by atoms with van der Waals surface area (Å²) in [4.78, 5) is 16.7. The zero-order chi connectivity index (χ0) is 15.2. The van der Waals surface area contributed by atoms with Gasteiger partial charge in [-0.05, 0) is 12.1 Å². The maximum Gasteiger partial charge on any atom is 0.165 e. The maximum absolute atomic E-state index is 12.2. The van der Waals surface area contributed by atoms with E-state index in [1.54, 1.807) is 18.2 Å². The normalized spacial score (nSPS) is 17.1. The highest BCUT2D eigenvalue weighted by molar-refractivity contribution is 6.43. The minimum atomic E-state index is 0.0280. The molecular weight excluding hydrogens is 311 g/mol. The Bertz CT molecular complexity index is 489. The van der Waals surface area contributed by atoms with E-state index in [9.17, 15) is 4.79 Å². The molecule has 6 heteroatoms. The number of Topliss-reactive ketones (excluding diaryl/α,β-unsaturated/α-hetero) is 1. The van der Waals surface area contributed by atoms with Gasteiger partial charge in [-0.2, -0.15) is 0 Å². The lowest BCUT2D eigenvalue weighted by molar-refractivity contribution is 0.0907. The molecule has 0 spiro atoms. The number of β-amino-alcohol motifs (C(OH)–C–C–N with tert-alkyl or cyclic N) is 1. The van der Waals surface area contributed by atoms with Gasteiger partial charge in [-0.15, -0.1) is 0 Å². The Morgan fingerprint density at radius 3 is 2.33 bits per heavy atom. The van der Waals surface area contributed by atoms with Crippen molar-refractivity contribution in [1.82, 2.24) is 9.80 Å². The highest BCUT2D eigenvalue weighted by Crippen LogP contribution is 2.26. The first kappa shape index (κ1) is 16.7. The molecule has 1 heterocycles. The van der Waals surface area contributed by atoms with Crippen molar-refractivity contribution >= 4 is 29.0 Å². The number of nitrogens with zero attached hydrogens (tertiary/aromatic N) is 2. The van der Waals surface area contributed by atoms with E-state index < -0.39 is 0 Å². The number of piperazine rings is 1. The van der Waals surface area contributed by atoms with Crippen LogP contribution < -0.4 is 0 Å². The van der Waals surface area contributed by atoms with Gasteiger partial charge < -0.3 is 10.0 Å². The number of carbonyl (C=O) groups is 1. The van der Waals surface area contributed by atoms with Gasteiger partial charge in [0.2, 0.25) is 0 Å². The Hall–Kier alpha value is -0.650. The van der Waals surface area contributed by atoms with Crippen LogP contribution in [0.15, 0.2) is 18.2 Å². The molecule has 0 aromatic heterocycles. The smallest absolute Gasteiger partial charge is 0.165 e. The first-order chi connectivity index (χ1) is 10.1. The van der Waals surface area contributed by atoms with E-state index in [1.165, 1.54) is 0 Å². The number of benzene rings is 1. The Labute approximate surface area is 135 Å². The van der Waals surface area contributed by atoms with E-state index in [0.29, 0.717) is 22.0 Å². The zero-order valence-corrected chi connectivity index (χ0v) is 13.4. The summed E-state index contributed by atoms with van der Waals surface area (Å²) in [7, 11) is 0. The van der Waals surface area contributed by atoms with Gasteiger partial charge in [0.1, 0.15) is 0 Å². The van der Waals surface area contributed by atoms with Crippen LogP contribution in [0.1, 0.15) is 16.8 Å². The second-order valence-corrected chi connectivity index (χ2v) is 5.97. The zero-order valence-electron chi connectivity index (χ0n) is 11.9. The van der Waals surface area contributed by atoms with Crippen LogP contribution in [0.3, 0.4) is 0 Å². The molecule has 1 saturated heterocycles. The van der Waals surface area contributed by atoms with Crippen LogP contribution >= 0.6 is 23.2 Å². The van der Waals surface area contributed by atoms with Crippen molar-refractivity contribution < 1.29 is 9.90 Å². The van der Waals surface area contributed by atoms with Crippen LogP contribution in [-0.2, 0) is 0 Å². The predicted octanol–water partition coefficient (Wildman–Crippen LogP) is 2.18. The summed E-state index contributed by atoms with van der Waals surface area (Å²) in [6.07, 6.45) is 0.445. The predicted molar refractivity (Wildman–Crippen MR) is 85.4 cm³/mol. The van der Waals surface area contributed by atoms with Gasteiger partial charge in [0.15, 0.2) is 5.78 Å². The van der Waals surface area contributed by atoms with Crippen molar-refractivity contribution in [1.29, 1.82) is 0 Å². The van der Waals surface area contributed by atoms with Crippen molar-refractivity contribution in [3.05, 3.63) is 33.8 Å². The SMILES string of the molecule is O=C(CCN1CCN(CCO)CC1)c1cccc(Cl)c1Cl. The number of hydrogen-bond acceptors (Lipinski definition) is 4. The highest BCUT2D eigenvalue weighted by atomic mass is 35.5. The van der Waals surface area contributed by atoms with Crippen LogP contribution in [0.2, 0.25) is 10.0 Å². The topological polar surface area (TPSA) is 43.8 Å². The van der Waals surface area contributed by atoms with E-state index in [0.717, 1.165) is 39.3 Å². The number of aliphatic hydroxyl groups excluding tert-OH is 1. The van der Waals surface area contributed by atoms with Crippen LogP contribution in [0.5, 0.6) is 0 Å². The molecule has 4 nitrogen and oxygen atoms in total. The quantitative estimate of drug-likeness (QED) is 0.812. The first-order valence-electron chi connectivity index (χ1n) is 7.14. The standard InChI is InChI=1S/C15H20Cl2N2O2/c16-13-3-1-2-12(15(13)17)14(21)4-5-18-6-8-19(9-7-18)10-11-20/h1-3,20H,4-11H2. The summed E-state index contributed by atoms with van der Waals surface area (Å²) < 4.78 is 0. The third-order valence-corrected chi connectivity index (χ3v) is 4.61. The van der Waals surface area contributed by atoms with E-state index in [1.807, 2.05) is 0 Å². The fraction of sp³-hybridized carbons (Fsp3) is 0.533. The lowest BCUT2D eigenvalue weighted by atomic mass is 10.1. The number of carbonyl (C=O) groups excluding carboxylic acids is 1. The van der Waals surface area contributed by atoms with E-state index >= 15 is 0 Å². The molecular formula is C15H20Cl2N2O2. The molecule has 2 rings (SSSR count). The number of ketones is 1. The summed E-state index contributed by atoms with van der Waals surface area (Å²) in [6, 6.07) is 5.14. The molecule has 0 aliphatic carbocycles. The van der Waals surface area contributed by atoms with Gasteiger partial charge in [0.05, 0.1) is 16.7 Å². The molecule has 1 fully saturated rings. The second-order valence-electron chi connectivity index (χ2n) is 5.18. The van der Waals surface area contributed by atoms with Crippen LogP contribution in [0.25, 0.3) is 0 Å². The van der Waals surface area contributed by atoms with Crippen molar-refractivity contribution in [3.63, 3.8) is 0 Å². The lowest BCUT2D eigenvalue weighted by Crippen LogP contribution is -2.47. The highest BCUT2D eigenvalue weighted by Gasteiger charge is 2.18. The van der Waals surface area contributed by atoms with Crippen molar-refractivity contribution in [2.45, 2.75) is 6.42 Å². The van der Waals surface area contributed by atoms with Gasteiger partial charge in [0, 0.05) is 51.3 Å². The monoisotopic (exact) mass is 330 g/mol. The molecule has 21 heavy (non-hydrogen) atoms. The van der Waals surface area contributed by atoms with Crippen molar-refractivity contribution in [2.24, 2.45) is 0 Å². The van der Waals surface area contributed by atoms with Gasteiger partial charge in [-0.3, -0.25) is 9.69 Å².